The van der Waals surface area contributed by atoms with Crippen LogP contribution < -0.4 is 4.74 Å². The van der Waals surface area contributed by atoms with E-state index in [9.17, 15) is 0 Å². The first kappa shape index (κ1) is 14.6. The van der Waals surface area contributed by atoms with Crippen LogP contribution in [0.25, 0.3) is 0 Å². The van der Waals surface area contributed by atoms with Gasteiger partial charge >= 0.3 is 0 Å². The van der Waals surface area contributed by atoms with Crippen molar-refractivity contribution in [3.63, 3.8) is 0 Å². The molecule has 0 saturated carbocycles. The molecule has 0 bridgehead atoms. The first-order valence-electron chi connectivity index (χ1n) is 8.19. The molecule has 0 N–H and O–H groups in total. The molecule has 1 aromatic rings. The molecule has 0 amide bonds. The van der Waals surface area contributed by atoms with Crippen LogP contribution in [-0.2, 0) is 0 Å². The van der Waals surface area contributed by atoms with Crippen molar-refractivity contribution in [1.82, 2.24) is 4.90 Å². The third kappa shape index (κ3) is 3.85. The van der Waals surface area contributed by atoms with Crippen LogP contribution in [0.3, 0.4) is 0 Å². The van der Waals surface area contributed by atoms with Gasteiger partial charge in [-0.1, -0.05) is 6.92 Å². The summed E-state index contributed by atoms with van der Waals surface area (Å²) < 4.78 is 6.10. The summed E-state index contributed by atoms with van der Waals surface area (Å²) in [6, 6.07) is 8.54. The van der Waals surface area contributed by atoms with Gasteiger partial charge in [0.2, 0.25) is 0 Å². The Morgan fingerprint density at radius 1 is 1.10 bits per heavy atom. The maximum absolute atomic E-state index is 6.10. The average Bonchev–Trinajstić information content (AvgIpc) is 2.51. The predicted molar refractivity (Wildman–Crippen MR) is 87.4 cm³/mol. The van der Waals surface area contributed by atoms with Crippen LogP contribution in [0.15, 0.2) is 29.3 Å². The Bertz CT molecular complexity index is 486. The van der Waals surface area contributed by atoms with E-state index in [1.807, 2.05) is 0 Å². The minimum atomic E-state index is 0.375. The Balaban J connectivity index is 1.59. The average molecular weight is 286 g/mol. The van der Waals surface area contributed by atoms with E-state index in [-0.39, 0.29) is 0 Å². The fourth-order valence-electron chi connectivity index (χ4n) is 3.08. The number of benzene rings is 1. The number of rotatable bonds is 3. The Kier molecular flexibility index (Phi) is 4.59. The second-order valence-electron chi connectivity index (χ2n) is 6.58. The van der Waals surface area contributed by atoms with Gasteiger partial charge in [-0.05, 0) is 68.5 Å². The van der Waals surface area contributed by atoms with Gasteiger partial charge in [-0.25, -0.2) is 0 Å². The summed E-state index contributed by atoms with van der Waals surface area (Å²) in [5, 5.41) is 0. The third-order valence-corrected chi connectivity index (χ3v) is 4.62. The van der Waals surface area contributed by atoms with Crippen molar-refractivity contribution in [2.75, 3.05) is 26.7 Å². The molecule has 0 spiro atoms. The number of hydrogen-bond donors (Lipinski definition) is 0. The van der Waals surface area contributed by atoms with Crippen molar-refractivity contribution < 1.29 is 4.74 Å². The molecule has 0 unspecified atom stereocenters. The Hall–Kier alpha value is -1.35. The van der Waals surface area contributed by atoms with Crippen LogP contribution >= 0.6 is 0 Å². The van der Waals surface area contributed by atoms with Gasteiger partial charge in [0.1, 0.15) is 11.9 Å². The van der Waals surface area contributed by atoms with Gasteiger partial charge in [0, 0.05) is 25.3 Å². The van der Waals surface area contributed by atoms with E-state index in [1.165, 1.54) is 17.7 Å². The molecule has 2 aliphatic rings. The minimum absolute atomic E-state index is 0.375. The van der Waals surface area contributed by atoms with Crippen molar-refractivity contribution in [2.24, 2.45) is 10.9 Å². The van der Waals surface area contributed by atoms with Gasteiger partial charge in [0.15, 0.2) is 0 Å². The van der Waals surface area contributed by atoms with Gasteiger partial charge in [0.05, 0.1) is 0 Å². The normalized spacial score (nSPS) is 24.7. The highest BCUT2D eigenvalue weighted by Crippen LogP contribution is 2.22. The van der Waals surface area contributed by atoms with E-state index < -0.39 is 0 Å². The zero-order valence-electron chi connectivity index (χ0n) is 13.2. The summed E-state index contributed by atoms with van der Waals surface area (Å²) in [7, 11) is 2.18. The van der Waals surface area contributed by atoms with Crippen molar-refractivity contribution in [3.8, 4) is 5.75 Å². The number of likely N-dealkylation sites (tertiary alicyclic amines) is 1. The summed E-state index contributed by atoms with van der Waals surface area (Å²) in [4.78, 5) is 7.07. The zero-order valence-corrected chi connectivity index (χ0v) is 13.2. The molecule has 1 aromatic carbocycles. The molecule has 114 valence electrons. The molecule has 3 nitrogen and oxygen atoms in total. The lowest BCUT2D eigenvalue weighted by atomic mass is 9.96. The maximum atomic E-state index is 6.10. The molecule has 1 atom stereocenters. The lowest BCUT2D eigenvalue weighted by Crippen LogP contribution is -2.35. The van der Waals surface area contributed by atoms with E-state index in [1.54, 1.807) is 0 Å². The SMILES string of the molecule is C[C@H]1CCC(c2ccc(OC3CCN(C)CC3)cc2)=NC1. The van der Waals surface area contributed by atoms with Gasteiger partial charge in [-0.15, -0.1) is 0 Å². The monoisotopic (exact) mass is 286 g/mol. The standard InChI is InChI=1S/C18H26N2O/c1-14-3-8-18(19-13-14)15-4-6-16(7-5-15)21-17-9-11-20(2)12-10-17/h4-7,14,17H,3,8-13H2,1-2H3/t14-/m0/s1. The van der Waals surface area contributed by atoms with Gasteiger partial charge in [-0.3, -0.25) is 4.99 Å². The van der Waals surface area contributed by atoms with E-state index in [0.717, 1.165) is 50.6 Å². The van der Waals surface area contributed by atoms with Crippen LogP contribution in [0.1, 0.15) is 38.2 Å². The number of aliphatic imine (C=N–C) groups is 1. The fourth-order valence-corrected chi connectivity index (χ4v) is 3.08. The lowest BCUT2D eigenvalue weighted by Gasteiger charge is -2.29. The van der Waals surface area contributed by atoms with E-state index in [0.29, 0.717) is 6.10 Å². The van der Waals surface area contributed by atoms with Gasteiger partial charge in [0.25, 0.3) is 0 Å². The first-order chi connectivity index (χ1) is 10.2. The van der Waals surface area contributed by atoms with Crippen LogP contribution in [0.5, 0.6) is 5.75 Å². The summed E-state index contributed by atoms with van der Waals surface area (Å²) >= 11 is 0. The minimum Gasteiger partial charge on any atom is -0.490 e. The lowest BCUT2D eigenvalue weighted by molar-refractivity contribution is 0.114. The molecular formula is C18H26N2O. The summed E-state index contributed by atoms with van der Waals surface area (Å²) in [5.41, 5.74) is 2.52. The van der Waals surface area contributed by atoms with Crippen LogP contribution in [-0.4, -0.2) is 43.4 Å². The fraction of sp³-hybridized carbons (Fsp3) is 0.611. The number of ether oxygens (including phenoxy) is 1. The number of hydrogen-bond acceptors (Lipinski definition) is 3. The maximum Gasteiger partial charge on any atom is 0.119 e. The summed E-state index contributed by atoms with van der Waals surface area (Å²) in [6.45, 7) is 5.53. The van der Waals surface area contributed by atoms with E-state index in [4.69, 9.17) is 9.73 Å². The topological polar surface area (TPSA) is 24.8 Å². The molecule has 0 radical (unpaired) electrons. The highest BCUT2D eigenvalue weighted by molar-refractivity contribution is 6.01. The van der Waals surface area contributed by atoms with Gasteiger partial charge < -0.3 is 9.64 Å². The molecule has 1 saturated heterocycles. The molecule has 3 rings (SSSR count). The van der Waals surface area contributed by atoms with Crippen molar-refractivity contribution in [1.29, 1.82) is 0 Å². The largest absolute Gasteiger partial charge is 0.490 e. The number of nitrogens with zero attached hydrogens (tertiary/aromatic N) is 2. The Morgan fingerprint density at radius 2 is 1.81 bits per heavy atom. The summed E-state index contributed by atoms with van der Waals surface area (Å²) in [5.74, 6) is 1.74. The van der Waals surface area contributed by atoms with Crippen LogP contribution in [0.4, 0.5) is 0 Å². The number of piperidine rings is 1. The van der Waals surface area contributed by atoms with Crippen molar-refractivity contribution >= 4 is 5.71 Å². The van der Waals surface area contributed by atoms with Crippen LogP contribution in [0.2, 0.25) is 0 Å². The molecule has 2 heterocycles. The molecular weight excluding hydrogens is 260 g/mol. The Morgan fingerprint density at radius 3 is 2.43 bits per heavy atom. The molecule has 21 heavy (non-hydrogen) atoms. The van der Waals surface area contributed by atoms with Gasteiger partial charge in [-0.2, -0.15) is 0 Å². The zero-order chi connectivity index (χ0) is 14.7. The predicted octanol–water partition coefficient (Wildman–Crippen LogP) is 3.38. The second-order valence-corrected chi connectivity index (χ2v) is 6.58. The molecule has 3 heteroatoms. The molecule has 1 fully saturated rings. The quantitative estimate of drug-likeness (QED) is 0.851. The first-order valence-corrected chi connectivity index (χ1v) is 8.19. The molecule has 0 aliphatic carbocycles. The third-order valence-electron chi connectivity index (χ3n) is 4.62. The Labute approximate surface area is 128 Å². The van der Waals surface area contributed by atoms with E-state index >= 15 is 0 Å². The second kappa shape index (κ2) is 6.61. The molecule has 0 aromatic heterocycles. The molecule has 2 aliphatic heterocycles. The smallest absolute Gasteiger partial charge is 0.119 e. The highest BCUT2D eigenvalue weighted by Gasteiger charge is 2.18. The van der Waals surface area contributed by atoms with E-state index in [2.05, 4.69) is 43.1 Å². The van der Waals surface area contributed by atoms with Crippen LogP contribution in [0, 0.1) is 5.92 Å². The van der Waals surface area contributed by atoms with Crippen molar-refractivity contribution in [2.45, 2.75) is 38.7 Å². The van der Waals surface area contributed by atoms with Crippen molar-refractivity contribution in [3.05, 3.63) is 29.8 Å². The highest BCUT2D eigenvalue weighted by atomic mass is 16.5. The summed E-state index contributed by atoms with van der Waals surface area (Å²) in [6.07, 6.45) is 4.99.